The average molecular weight is 587 g/mol. The fourth-order valence-corrected chi connectivity index (χ4v) is 14.8. The van der Waals surface area contributed by atoms with Gasteiger partial charge in [-0.15, -0.1) is 0 Å². The van der Waals surface area contributed by atoms with Crippen molar-refractivity contribution in [3.8, 4) is 11.5 Å². The minimum atomic E-state index is -3.48. The second kappa shape index (κ2) is 18.1. The Kier molecular flexibility index (Phi) is 15.6. The molecule has 3 heteroatoms. The van der Waals surface area contributed by atoms with Gasteiger partial charge in [-0.05, 0) is 0 Å². The molecule has 0 saturated heterocycles. The third kappa shape index (κ3) is 11.2. The summed E-state index contributed by atoms with van der Waals surface area (Å²) in [4.78, 5) is 0. The van der Waals surface area contributed by atoms with Gasteiger partial charge in [-0.2, -0.15) is 0 Å². The zero-order valence-corrected chi connectivity index (χ0v) is 26.1. The van der Waals surface area contributed by atoms with Crippen LogP contribution >= 0.6 is 0 Å². The molecule has 0 atom stereocenters. The summed E-state index contributed by atoms with van der Waals surface area (Å²) in [6, 6.07) is 17.3. The molecule has 0 aliphatic carbocycles. The van der Waals surface area contributed by atoms with E-state index in [1.165, 1.54) is 88.2 Å². The Morgan fingerprint density at radius 1 is 0.486 bits per heavy atom. The van der Waals surface area contributed by atoms with Crippen molar-refractivity contribution in [2.45, 2.75) is 126 Å². The quantitative estimate of drug-likeness (QED) is 0.113. The topological polar surface area (TPSA) is 18.5 Å². The Morgan fingerprint density at radius 2 is 0.857 bits per heavy atom. The van der Waals surface area contributed by atoms with E-state index in [0.29, 0.717) is 0 Å². The summed E-state index contributed by atoms with van der Waals surface area (Å²) in [5.74, 6) is 2.16. The summed E-state index contributed by atoms with van der Waals surface area (Å²) >= 11 is -3.48. The first-order valence-electron chi connectivity index (χ1n) is 14.7. The van der Waals surface area contributed by atoms with Gasteiger partial charge in [-0.3, -0.25) is 0 Å². The molecule has 0 unspecified atom stereocenters. The molecule has 0 aliphatic heterocycles. The zero-order chi connectivity index (χ0) is 25.2. The number of rotatable bonds is 20. The molecule has 0 N–H and O–H groups in total. The van der Waals surface area contributed by atoms with Crippen LogP contribution in [-0.4, -0.2) is 19.2 Å². The van der Waals surface area contributed by atoms with Crippen LogP contribution in [0.1, 0.15) is 116 Å². The molecule has 0 amide bonds. The Bertz CT molecular complexity index is 736. The summed E-state index contributed by atoms with van der Waals surface area (Å²) in [5.41, 5.74) is 2.62. The van der Waals surface area contributed by atoms with Gasteiger partial charge in [0.2, 0.25) is 0 Å². The van der Waals surface area contributed by atoms with E-state index in [4.69, 9.17) is 6.15 Å². The fraction of sp³-hybridized carbons (Fsp3) is 0.625. The molecule has 0 fully saturated rings. The van der Waals surface area contributed by atoms with E-state index in [9.17, 15) is 0 Å². The van der Waals surface area contributed by atoms with Gasteiger partial charge in [-0.25, -0.2) is 0 Å². The first kappa shape index (κ1) is 30.1. The van der Waals surface area contributed by atoms with Crippen molar-refractivity contribution >= 4 is 19.2 Å². The molecule has 2 rings (SSSR count). The molecular formula is C32H52O2Sn. The van der Waals surface area contributed by atoms with Crippen molar-refractivity contribution in [3.63, 3.8) is 0 Å². The summed E-state index contributed by atoms with van der Waals surface area (Å²) in [6.45, 7) is 9.04. The molecule has 35 heavy (non-hydrogen) atoms. The molecule has 0 aliphatic rings. The van der Waals surface area contributed by atoms with E-state index in [0.717, 1.165) is 33.2 Å². The van der Waals surface area contributed by atoms with Crippen LogP contribution in [0.15, 0.2) is 48.5 Å². The van der Waals surface area contributed by atoms with Crippen molar-refractivity contribution < 1.29 is 6.15 Å². The standard InChI is InChI=1S/2C8H10O.2C8H17.Sn/c2*1-2-7-5-3-4-6-8(7)9;2*1-3-5-7-8-6-4-2;/h2*3-6,9H,2H2,1H3;2*1,3-8H2,2H3;/q;;;;+2/p-2. The van der Waals surface area contributed by atoms with Gasteiger partial charge in [-0.1, -0.05) is 0 Å². The van der Waals surface area contributed by atoms with E-state index < -0.39 is 19.2 Å². The van der Waals surface area contributed by atoms with Crippen LogP contribution in [0.3, 0.4) is 0 Å². The van der Waals surface area contributed by atoms with Crippen LogP contribution in [-0.2, 0) is 12.8 Å². The van der Waals surface area contributed by atoms with E-state index in [2.05, 4.69) is 76.2 Å². The second-order valence-corrected chi connectivity index (χ2v) is 19.3. The van der Waals surface area contributed by atoms with Gasteiger partial charge in [0.1, 0.15) is 0 Å². The van der Waals surface area contributed by atoms with Crippen molar-refractivity contribution in [1.82, 2.24) is 0 Å². The van der Waals surface area contributed by atoms with Crippen molar-refractivity contribution in [1.29, 1.82) is 0 Å². The third-order valence-electron chi connectivity index (χ3n) is 7.12. The first-order chi connectivity index (χ1) is 17.2. The molecular weight excluding hydrogens is 535 g/mol. The first-order valence-corrected chi connectivity index (χ1v) is 21.1. The molecule has 0 bridgehead atoms. The van der Waals surface area contributed by atoms with Gasteiger partial charge in [0.15, 0.2) is 0 Å². The predicted molar refractivity (Wildman–Crippen MR) is 155 cm³/mol. The van der Waals surface area contributed by atoms with Crippen LogP contribution in [0.4, 0.5) is 0 Å². The number of para-hydroxylation sites is 2. The van der Waals surface area contributed by atoms with E-state index in [-0.39, 0.29) is 0 Å². The maximum atomic E-state index is 7.17. The molecule has 2 aromatic rings. The Morgan fingerprint density at radius 3 is 1.26 bits per heavy atom. The van der Waals surface area contributed by atoms with Gasteiger partial charge in [0.25, 0.3) is 0 Å². The van der Waals surface area contributed by atoms with Crippen molar-refractivity contribution in [2.75, 3.05) is 0 Å². The predicted octanol–water partition coefficient (Wildman–Crippen LogP) is 10.4. The van der Waals surface area contributed by atoms with E-state index in [1.807, 2.05) is 0 Å². The summed E-state index contributed by atoms with van der Waals surface area (Å²) in [5, 5.41) is 0. The number of unbranched alkanes of at least 4 members (excludes halogenated alkanes) is 10. The van der Waals surface area contributed by atoms with Crippen LogP contribution < -0.4 is 6.15 Å². The maximum absolute atomic E-state index is 7.17. The summed E-state index contributed by atoms with van der Waals surface area (Å²) < 4.78 is 16.6. The molecule has 0 saturated carbocycles. The van der Waals surface area contributed by atoms with Crippen LogP contribution in [0, 0.1) is 0 Å². The normalized spacial score (nSPS) is 11.5. The zero-order valence-electron chi connectivity index (χ0n) is 23.2. The van der Waals surface area contributed by atoms with Crippen LogP contribution in [0.5, 0.6) is 11.5 Å². The Hall–Kier alpha value is -1.16. The molecule has 0 aromatic heterocycles. The van der Waals surface area contributed by atoms with Crippen molar-refractivity contribution in [3.05, 3.63) is 59.7 Å². The van der Waals surface area contributed by atoms with Crippen molar-refractivity contribution in [2.24, 2.45) is 0 Å². The van der Waals surface area contributed by atoms with E-state index >= 15 is 0 Å². The summed E-state index contributed by atoms with van der Waals surface area (Å²) in [6.07, 6.45) is 17.8. The Balaban J connectivity index is 2.27. The third-order valence-corrected chi connectivity index (χ3v) is 16.9. The van der Waals surface area contributed by atoms with Gasteiger partial charge >= 0.3 is 223 Å². The second-order valence-electron chi connectivity index (χ2n) is 10.1. The van der Waals surface area contributed by atoms with Crippen LogP contribution in [0.2, 0.25) is 8.87 Å². The fourth-order valence-electron chi connectivity index (χ4n) is 4.89. The molecule has 0 heterocycles. The summed E-state index contributed by atoms with van der Waals surface area (Å²) in [7, 11) is 0. The van der Waals surface area contributed by atoms with Gasteiger partial charge in [0, 0.05) is 0 Å². The number of hydrogen-bond donors (Lipinski definition) is 0. The number of hydrogen-bond acceptors (Lipinski definition) is 2. The van der Waals surface area contributed by atoms with Gasteiger partial charge in [0.05, 0.1) is 0 Å². The molecule has 0 radical (unpaired) electrons. The SMILES string of the molecule is CCCCCCC[CH2][Sn]([CH2]CCCCCCC)([O]c1ccccc1CC)[O]c1ccccc1CC. The molecule has 2 nitrogen and oxygen atoms in total. The van der Waals surface area contributed by atoms with Gasteiger partial charge < -0.3 is 0 Å². The molecule has 2 aromatic carbocycles. The Labute approximate surface area is 222 Å². The molecule has 0 spiro atoms. The van der Waals surface area contributed by atoms with Crippen LogP contribution in [0.25, 0.3) is 0 Å². The number of aryl methyl sites for hydroxylation is 2. The monoisotopic (exact) mass is 588 g/mol. The van der Waals surface area contributed by atoms with E-state index in [1.54, 1.807) is 0 Å². The average Bonchev–Trinajstić information content (AvgIpc) is 2.89. The molecule has 196 valence electrons. The number of benzene rings is 2. The minimum absolute atomic E-state index is 0.998.